The molecule has 1 unspecified atom stereocenters. The van der Waals surface area contributed by atoms with E-state index in [0.717, 1.165) is 13.0 Å². The Labute approximate surface area is 121 Å². The van der Waals surface area contributed by atoms with E-state index in [0.29, 0.717) is 19.8 Å². The summed E-state index contributed by atoms with van der Waals surface area (Å²) in [6.07, 6.45) is 0.954. The summed E-state index contributed by atoms with van der Waals surface area (Å²) >= 11 is 0. The van der Waals surface area contributed by atoms with Gasteiger partial charge in [0.25, 0.3) is 0 Å². The van der Waals surface area contributed by atoms with Gasteiger partial charge in [0.15, 0.2) is 0 Å². The molecule has 2 N–H and O–H groups in total. The van der Waals surface area contributed by atoms with E-state index in [9.17, 15) is 4.79 Å². The molecule has 4 heteroatoms. The lowest BCUT2D eigenvalue weighted by Gasteiger charge is -2.15. The highest BCUT2D eigenvalue weighted by molar-refractivity contribution is 5.81. The summed E-state index contributed by atoms with van der Waals surface area (Å²) in [5, 5.41) is 6.15. The van der Waals surface area contributed by atoms with Crippen molar-refractivity contribution in [3.63, 3.8) is 0 Å². The van der Waals surface area contributed by atoms with Crippen LogP contribution in [0.2, 0.25) is 0 Å². The van der Waals surface area contributed by atoms with Crippen molar-refractivity contribution >= 4 is 5.91 Å². The SMILES string of the molecule is CCCNC(=O)C(C)NCc1ccccc1COCC. The predicted octanol–water partition coefficient (Wildman–Crippen LogP) is 2.23. The van der Waals surface area contributed by atoms with E-state index in [1.807, 2.05) is 32.9 Å². The van der Waals surface area contributed by atoms with Gasteiger partial charge in [0.05, 0.1) is 12.6 Å². The second-order valence-electron chi connectivity index (χ2n) is 4.80. The highest BCUT2D eigenvalue weighted by Crippen LogP contribution is 2.10. The van der Waals surface area contributed by atoms with Gasteiger partial charge in [0.2, 0.25) is 5.91 Å². The van der Waals surface area contributed by atoms with Gasteiger partial charge in [-0.2, -0.15) is 0 Å². The summed E-state index contributed by atoms with van der Waals surface area (Å²) in [6, 6.07) is 7.96. The van der Waals surface area contributed by atoms with Crippen molar-refractivity contribution in [2.24, 2.45) is 0 Å². The first-order chi connectivity index (χ1) is 9.69. The average Bonchev–Trinajstić information content (AvgIpc) is 2.48. The number of rotatable bonds is 9. The molecule has 1 atom stereocenters. The van der Waals surface area contributed by atoms with Crippen molar-refractivity contribution in [2.45, 2.75) is 46.4 Å². The van der Waals surface area contributed by atoms with Crippen LogP contribution in [0.1, 0.15) is 38.3 Å². The van der Waals surface area contributed by atoms with Crippen molar-refractivity contribution in [3.05, 3.63) is 35.4 Å². The molecule has 0 aromatic heterocycles. The topological polar surface area (TPSA) is 50.4 Å². The van der Waals surface area contributed by atoms with Crippen molar-refractivity contribution in [3.8, 4) is 0 Å². The summed E-state index contributed by atoms with van der Waals surface area (Å²) in [7, 11) is 0. The van der Waals surface area contributed by atoms with E-state index in [1.54, 1.807) is 0 Å². The van der Waals surface area contributed by atoms with Gasteiger partial charge in [0.1, 0.15) is 0 Å². The number of carbonyl (C=O) groups is 1. The molecule has 0 bridgehead atoms. The highest BCUT2D eigenvalue weighted by atomic mass is 16.5. The maximum absolute atomic E-state index is 11.8. The van der Waals surface area contributed by atoms with Crippen LogP contribution in [0.3, 0.4) is 0 Å². The van der Waals surface area contributed by atoms with Crippen molar-refractivity contribution < 1.29 is 9.53 Å². The number of carbonyl (C=O) groups excluding carboxylic acids is 1. The fourth-order valence-corrected chi connectivity index (χ4v) is 1.84. The molecule has 0 heterocycles. The van der Waals surface area contributed by atoms with Gasteiger partial charge in [0, 0.05) is 19.7 Å². The molecule has 0 spiro atoms. The van der Waals surface area contributed by atoms with Crippen LogP contribution in [-0.4, -0.2) is 25.1 Å². The van der Waals surface area contributed by atoms with Gasteiger partial charge >= 0.3 is 0 Å². The van der Waals surface area contributed by atoms with Crippen molar-refractivity contribution in [1.29, 1.82) is 0 Å². The molecule has 1 amide bonds. The van der Waals surface area contributed by atoms with E-state index >= 15 is 0 Å². The first-order valence-corrected chi connectivity index (χ1v) is 7.34. The van der Waals surface area contributed by atoms with Crippen LogP contribution in [0.15, 0.2) is 24.3 Å². The summed E-state index contributed by atoms with van der Waals surface area (Å²) in [6.45, 7) is 8.64. The number of ether oxygens (including phenoxy) is 1. The molecule has 20 heavy (non-hydrogen) atoms. The zero-order valence-electron chi connectivity index (χ0n) is 12.7. The smallest absolute Gasteiger partial charge is 0.236 e. The van der Waals surface area contributed by atoms with Gasteiger partial charge in [-0.3, -0.25) is 4.79 Å². The van der Waals surface area contributed by atoms with Crippen LogP contribution in [0.5, 0.6) is 0 Å². The number of nitrogens with one attached hydrogen (secondary N) is 2. The fourth-order valence-electron chi connectivity index (χ4n) is 1.84. The molecular weight excluding hydrogens is 252 g/mol. The third-order valence-electron chi connectivity index (χ3n) is 3.12. The Morgan fingerprint density at radius 3 is 2.60 bits per heavy atom. The quantitative estimate of drug-likeness (QED) is 0.728. The van der Waals surface area contributed by atoms with Gasteiger partial charge < -0.3 is 15.4 Å². The Balaban J connectivity index is 2.50. The van der Waals surface area contributed by atoms with Crippen LogP contribution in [0, 0.1) is 0 Å². The lowest BCUT2D eigenvalue weighted by molar-refractivity contribution is -0.122. The molecule has 0 aliphatic rings. The minimum atomic E-state index is -0.193. The minimum absolute atomic E-state index is 0.0501. The van der Waals surface area contributed by atoms with E-state index in [4.69, 9.17) is 4.74 Å². The Hall–Kier alpha value is -1.39. The molecule has 0 aliphatic heterocycles. The van der Waals surface area contributed by atoms with Gasteiger partial charge in [-0.15, -0.1) is 0 Å². The van der Waals surface area contributed by atoms with E-state index in [2.05, 4.69) is 22.8 Å². The van der Waals surface area contributed by atoms with E-state index in [1.165, 1.54) is 11.1 Å². The van der Waals surface area contributed by atoms with E-state index < -0.39 is 0 Å². The maximum atomic E-state index is 11.8. The van der Waals surface area contributed by atoms with Crippen LogP contribution in [-0.2, 0) is 22.7 Å². The normalized spacial score (nSPS) is 12.2. The zero-order valence-corrected chi connectivity index (χ0v) is 12.7. The molecule has 4 nitrogen and oxygen atoms in total. The van der Waals surface area contributed by atoms with Crippen LogP contribution in [0.4, 0.5) is 0 Å². The molecule has 1 rings (SSSR count). The van der Waals surface area contributed by atoms with Gasteiger partial charge in [-0.1, -0.05) is 31.2 Å². The molecule has 0 saturated heterocycles. The summed E-state index contributed by atoms with van der Waals surface area (Å²) in [4.78, 5) is 11.8. The lowest BCUT2D eigenvalue weighted by Crippen LogP contribution is -2.42. The van der Waals surface area contributed by atoms with Crippen LogP contribution in [0.25, 0.3) is 0 Å². The number of hydrogen-bond acceptors (Lipinski definition) is 3. The summed E-state index contributed by atoms with van der Waals surface area (Å²) < 4.78 is 5.46. The summed E-state index contributed by atoms with van der Waals surface area (Å²) in [5.41, 5.74) is 2.35. The maximum Gasteiger partial charge on any atom is 0.236 e. The standard InChI is InChI=1S/C16H26N2O2/c1-4-10-17-16(19)13(3)18-11-14-8-6-7-9-15(14)12-20-5-2/h6-9,13,18H,4-5,10-12H2,1-3H3,(H,17,19). The minimum Gasteiger partial charge on any atom is -0.377 e. The largest absolute Gasteiger partial charge is 0.377 e. The van der Waals surface area contributed by atoms with Crippen molar-refractivity contribution in [2.75, 3.05) is 13.2 Å². The Morgan fingerprint density at radius 2 is 1.95 bits per heavy atom. The number of hydrogen-bond donors (Lipinski definition) is 2. The third kappa shape index (κ3) is 5.72. The average molecular weight is 278 g/mol. The summed E-state index contributed by atoms with van der Waals surface area (Å²) in [5.74, 6) is 0.0501. The molecule has 1 aromatic rings. The molecule has 0 aliphatic carbocycles. The Morgan fingerprint density at radius 1 is 1.25 bits per heavy atom. The first kappa shape index (κ1) is 16.7. The predicted molar refractivity (Wildman–Crippen MR) is 81.4 cm³/mol. The number of amides is 1. The second-order valence-corrected chi connectivity index (χ2v) is 4.80. The fraction of sp³-hybridized carbons (Fsp3) is 0.562. The molecular formula is C16H26N2O2. The molecule has 0 fully saturated rings. The Kier molecular flexibility index (Phi) is 7.92. The Bertz CT molecular complexity index is 407. The van der Waals surface area contributed by atoms with Crippen LogP contribution >= 0.6 is 0 Å². The molecule has 1 aromatic carbocycles. The monoisotopic (exact) mass is 278 g/mol. The zero-order chi connectivity index (χ0) is 14.8. The molecule has 112 valence electrons. The number of benzene rings is 1. The van der Waals surface area contributed by atoms with Gasteiger partial charge in [-0.05, 0) is 31.4 Å². The second kappa shape index (κ2) is 9.50. The molecule has 0 radical (unpaired) electrons. The lowest BCUT2D eigenvalue weighted by atomic mass is 10.1. The van der Waals surface area contributed by atoms with Gasteiger partial charge in [-0.25, -0.2) is 0 Å². The first-order valence-electron chi connectivity index (χ1n) is 7.34. The highest BCUT2D eigenvalue weighted by Gasteiger charge is 2.11. The third-order valence-corrected chi connectivity index (χ3v) is 3.12. The van der Waals surface area contributed by atoms with Crippen molar-refractivity contribution in [1.82, 2.24) is 10.6 Å². The van der Waals surface area contributed by atoms with E-state index in [-0.39, 0.29) is 11.9 Å². The van der Waals surface area contributed by atoms with Crippen LogP contribution < -0.4 is 10.6 Å². The molecule has 0 saturated carbocycles.